The number of halogens is 1. The van der Waals surface area contributed by atoms with E-state index in [-0.39, 0.29) is 31.7 Å². The van der Waals surface area contributed by atoms with Gasteiger partial charge in [-0.1, -0.05) is 12.5 Å². The number of hydrogen-bond donors (Lipinski definition) is 1. The summed E-state index contributed by atoms with van der Waals surface area (Å²) in [6, 6.07) is 4.32. The molecule has 1 aromatic heterocycles. The lowest BCUT2D eigenvalue weighted by atomic mass is 9.94. The number of Topliss-reactive ketones (excluding diaryl/α,β-unsaturated/α-hetero) is 1. The van der Waals surface area contributed by atoms with Crippen molar-refractivity contribution in [3.63, 3.8) is 0 Å². The topological polar surface area (TPSA) is 70.5 Å². The molecule has 1 unspecified atom stereocenters. The highest BCUT2D eigenvalue weighted by Crippen LogP contribution is 2.28. The van der Waals surface area contributed by atoms with E-state index in [1.165, 1.54) is 29.0 Å². The number of aromatic nitrogens is 1. The second-order valence-corrected chi connectivity index (χ2v) is 7.92. The molecular formula is C21H29FN2O3. The number of pyridine rings is 1. The largest absolute Gasteiger partial charge is 0.480 e. The number of carbonyl (C=O) groups is 2. The smallest absolute Gasteiger partial charge is 0.317 e. The van der Waals surface area contributed by atoms with Crippen molar-refractivity contribution < 1.29 is 19.1 Å². The average molecular weight is 376 g/mol. The fourth-order valence-corrected chi connectivity index (χ4v) is 4.16. The second-order valence-electron chi connectivity index (χ2n) is 7.92. The van der Waals surface area contributed by atoms with Gasteiger partial charge in [0.1, 0.15) is 0 Å². The summed E-state index contributed by atoms with van der Waals surface area (Å²) in [7, 11) is 0. The zero-order valence-electron chi connectivity index (χ0n) is 15.9. The van der Waals surface area contributed by atoms with Gasteiger partial charge < -0.3 is 5.11 Å². The van der Waals surface area contributed by atoms with Crippen molar-refractivity contribution in [2.24, 2.45) is 0 Å². The van der Waals surface area contributed by atoms with Gasteiger partial charge in [-0.05, 0) is 56.6 Å². The molecule has 0 amide bonds. The van der Waals surface area contributed by atoms with Crippen LogP contribution in [0.25, 0.3) is 0 Å². The number of carboxylic acids is 1. The molecule has 1 atom stereocenters. The molecule has 1 saturated heterocycles. The minimum Gasteiger partial charge on any atom is -0.480 e. The number of likely N-dealkylation sites (tertiary alicyclic amines) is 1. The summed E-state index contributed by atoms with van der Waals surface area (Å²) >= 11 is 0. The normalized spacial score (nSPS) is 22.6. The zero-order valence-corrected chi connectivity index (χ0v) is 15.9. The van der Waals surface area contributed by atoms with E-state index in [1.54, 1.807) is 0 Å². The Bertz CT molecular complexity index is 694. The maximum absolute atomic E-state index is 14.7. The van der Waals surface area contributed by atoms with Gasteiger partial charge in [0.05, 0.1) is 6.54 Å². The van der Waals surface area contributed by atoms with Crippen LogP contribution in [0.1, 0.15) is 61.9 Å². The maximum Gasteiger partial charge on any atom is 0.317 e. The average Bonchev–Trinajstić information content (AvgIpc) is 3.02. The van der Waals surface area contributed by atoms with Gasteiger partial charge in [-0.15, -0.1) is 0 Å². The molecule has 1 aliphatic carbocycles. The van der Waals surface area contributed by atoms with Crippen molar-refractivity contribution in [1.29, 1.82) is 0 Å². The summed E-state index contributed by atoms with van der Waals surface area (Å²) in [6.45, 7) is 0.0441. The Balaban J connectivity index is 1.36. The third-order valence-electron chi connectivity index (χ3n) is 5.73. The molecular weight excluding hydrogens is 347 g/mol. The number of unbranched alkanes of at least 4 members (excludes halogenated alkanes) is 2. The monoisotopic (exact) mass is 376 g/mol. The SMILES string of the molecule is O=C(O)CN1CCC(F)(C(=O)CCCCCc2ccc3c(n2)CCCC3)C1. The van der Waals surface area contributed by atoms with Gasteiger partial charge in [0, 0.05) is 37.3 Å². The number of nitrogens with zero attached hydrogens (tertiary/aromatic N) is 2. The number of hydrogen-bond acceptors (Lipinski definition) is 4. The molecule has 0 bridgehead atoms. The van der Waals surface area contributed by atoms with Crippen LogP contribution in [0, 0.1) is 0 Å². The first-order valence-corrected chi connectivity index (χ1v) is 10.1. The Morgan fingerprint density at radius 3 is 2.81 bits per heavy atom. The molecule has 0 radical (unpaired) electrons. The highest BCUT2D eigenvalue weighted by molar-refractivity contribution is 5.88. The lowest BCUT2D eigenvalue weighted by Crippen LogP contribution is -2.38. The summed E-state index contributed by atoms with van der Waals surface area (Å²) in [5, 5.41) is 8.79. The summed E-state index contributed by atoms with van der Waals surface area (Å²) < 4.78 is 14.7. The van der Waals surface area contributed by atoms with E-state index in [0.717, 1.165) is 37.8 Å². The summed E-state index contributed by atoms with van der Waals surface area (Å²) in [5.41, 5.74) is 1.89. The number of carboxylic acid groups (broad SMARTS) is 1. The third kappa shape index (κ3) is 5.34. The molecule has 1 aromatic rings. The van der Waals surface area contributed by atoms with Crippen LogP contribution in [0.5, 0.6) is 0 Å². The van der Waals surface area contributed by atoms with E-state index < -0.39 is 11.6 Å². The van der Waals surface area contributed by atoms with Crippen LogP contribution in [0.15, 0.2) is 12.1 Å². The van der Waals surface area contributed by atoms with Gasteiger partial charge >= 0.3 is 5.97 Å². The third-order valence-corrected chi connectivity index (χ3v) is 5.73. The van der Waals surface area contributed by atoms with E-state index in [2.05, 4.69) is 12.1 Å². The predicted octanol–water partition coefficient (Wildman–Crippen LogP) is 3.13. The van der Waals surface area contributed by atoms with Crippen molar-refractivity contribution in [3.8, 4) is 0 Å². The van der Waals surface area contributed by atoms with E-state index in [0.29, 0.717) is 13.0 Å². The molecule has 0 saturated carbocycles. The number of aryl methyl sites for hydroxylation is 3. The van der Waals surface area contributed by atoms with E-state index in [1.807, 2.05) is 0 Å². The van der Waals surface area contributed by atoms with Gasteiger partial charge in [-0.2, -0.15) is 0 Å². The van der Waals surface area contributed by atoms with Crippen LogP contribution in [0.2, 0.25) is 0 Å². The van der Waals surface area contributed by atoms with E-state index >= 15 is 0 Å². The molecule has 1 N–H and O–H groups in total. The van der Waals surface area contributed by atoms with Crippen molar-refractivity contribution in [2.75, 3.05) is 19.6 Å². The van der Waals surface area contributed by atoms with Gasteiger partial charge in [0.25, 0.3) is 0 Å². The molecule has 5 nitrogen and oxygen atoms in total. The fourth-order valence-electron chi connectivity index (χ4n) is 4.16. The summed E-state index contributed by atoms with van der Waals surface area (Å²) in [5.74, 6) is -1.36. The van der Waals surface area contributed by atoms with Gasteiger partial charge in [0.2, 0.25) is 0 Å². The molecule has 2 heterocycles. The Labute approximate surface area is 160 Å². The molecule has 3 rings (SSSR count). The molecule has 2 aliphatic rings. The Morgan fingerprint density at radius 1 is 1.19 bits per heavy atom. The van der Waals surface area contributed by atoms with Crippen LogP contribution in [0.4, 0.5) is 4.39 Å². The zero-order chi connectivity index (χ0) is 19.3. The highest BCUT2D eigenvalue weighted by atomic mass is 19.1. The highest BCUT2D eigenvalue weighted by Gasteiger charge is 2.44. The summed E-state index contributed by atoms with van der Waals surface area (Å²) in [6.07, 6.45) is 8.43. The standard InChI is InChI=1S/C21H29FN2O3/c22-21(12-13-24(15-21)14-20(26)27)19(25)9-3-1-2-7-17-11-10-16-6-4-5-8-18(16)23-17/h10-11H,1-9,12-15H2,(H,26,27). The predicted molar refractivity (Wildman–Crippen MR) is 101 cm³/mol. The Hall–Kier alpha value is -1.82. The second kappa shape index (κ2) is 8.91. The maximum atomic E-state index is 14.7. The minimum absolute atomic E-state index is 0.0861. The number of alkyl halides is 1. The van der Waals surface area contributed by atoms with Crippen LogP contribution >= 0.6 is 0 Å². The Morgan fingerprint density at radius 2 is 2.00 bits per heavy atom. The minimum atomic E-state index is -1.87. The first-order chi connectivity index (χ1) is 13.0. The van der Waals surface area contributed by atoms with Gasteiger partial charge in [-0.25, -0.2) is 4.39 Å². The van der Waals surface area contributed by atoms with Crippen LogP contribution in [0.3, 0.4) is 0 Å². The molecule has 148 valence electrons. The number of fused-ring (bicyclic) bond motifs is 1. The van der Waals surface area contributed by atoms with E-state index in [4.69, 9.17) is 10.1 Å². The molecule has 27 heavy (non-hydrogen) atoms. The van der Waals surface area contributed by atoms with E-state index in [9.17, 15) is 14.0 Å². The number of ketones is 1. The number of rotatable bonds is 9. The van der Waals surface area contributed by atoms with Crippen LogP contribution in [-0.2, 0) is 28.9 Å². The lowest BCUT2D eigenvalue weighted by Gasteiger charge is -2.18. The molecule has 1 fully saturated rings. The van der Waals surface area contributed by atoms with Crippen molar-refractivity contribution >= 4 is 11.8 Å². The van der Waals surface area contributed by atoms with Crippen molar-refractivity contribution in [3.05, 3.63) is 29.1 Å². The van der Waals surface area contributed by atoms with Crippen molar-refractivity contribution in [1.82, 2.24) is 9.88 Å². The van der Waals surface area contributed by atoms with Crippen molar-refractivity contribution in [2.45, 2.75) is 69.9 Å². The quantitative estimate of drug-likeness (QED) is 0.671. The number of aliphatic carboxylic acids is 1. The molecule has 0 aromatic carbocycles. The van der Waals surface area contributed by atoms with Crippen LogP contribution in [-0.4, -0.2) is 52.0 Å². The molecule has 6 heteroatoms. The van der Waals surface area contributed by atoms with Gasteiger partial charge in [-0.3, -0.25) is 19.5 Å². The van der Waals surface area contributed by atoms with Gasteiger partial charge in [0.15, 0.2) is 11.5 Å². The summed E-state index contributed by atoms with van der Waals surface area (Å²) in [4.78, 5) is 29.2. The number of carbonyl (C=O) groups excluding carboxylic acids is 1. The first-order valence-electron chi connectivity index (χ1n) is 10.1. The Kier molecular flexibility index (Phi) is 6.58. The lowest BCUT2D eigenvalue weighted by molar-refractivity contribution is -0.138. The first kappa shape index (κ1) is 19.9. The molecule has 1 aliphatic heterocycles. The van der Waals surface area contributed by atoms with Crippen LogP contribution < -0.4 is 0 Å². The fraction of sp³-hybridized carbons (Fsp3) is 0.667. The molecule has 0 spiro atoms.